The Morgan fingerprint density at radius 3 is 2.32 bits per heavy atom. The van der Waals surface area contributed by atoms with Crippen LogP contribution in [0.1, 0.15) is 18.4 Å². The Morgan fingerprint density at radius 1 is 1.16 bits per heavy atom. The highest BCUT2D eigenvalue weighted by atomic mass is 15.1. The number of hydrogen-bond acceptors (Lipinski definition) is 3. The van der Waals surface area contributed by atoms with E-state index in [-0.39, 0.29) is 0 Å². The quantitative estimate of drug-likeness (QED) is 0.876. The zero-order valence-electron chi connectivity index (χ0n) is 12.5. The summed E-state index contributed by atoms with van der Waals surface area (Å²) in [5, 5.41) is 3.19. The van der Waals surface area contributed by atoms with Gasteiger partial charge in [-0.25, -0.2) is 0 Å². The average molecular weight is 261 g/mol. The molecule has 3 heteroatoms. The van der Waals surface area contributed by atoms with Crippen LogP contribution in [0.2, 0.25) is 0 Å². The summed E-state index contributed by atoms with van der Waals surface area (Å²) in [6, 6.07) is 8.99. The van der Waals surface area contributed by atoms with Crippen LogP contribution in [0.3, 0.4) is 0 Å². The van der Waals surface area contributed by atoms with Crippen molar-refractivity contribution in [3.8, 4) is 0 Å². The number of hydrogen-bond donors (Lipinski definition) is 1. The van der Waals surface area contributed by atoms with Crippen LogP contribution in [0.15, 0.2) is 24.3 Å². The summed E-state index contributed by atoms with van der Waals surface area (Å²) in [6.07, 6.45) is 2.63. The van der Waals surface area contributed by atoms with Gasteiger partial charge in [0.05, 0.1) is 0 Å². The van der Waals surface area contributed by atoms with Gasteiger partial charge in [-0.05, 0) is 57.6 Å². The number of nitrogens with zero attached hydrogens (tertiary/aromatic N) is 2. The lowest BCUT2D eigenvalue weighted by molar-refractivity contribution is 0.285. The van der Waals surface area contributed by atoms with Crippen molar-refractivity contribution in [2.75, 3.05) is 45.7 Å². The summed E-state index contributed by atoms with van der Waals surface area (Å²) in [5.41, 5.74) is 2.73. The Labute approximate surface area is 117 Å². The van der Waals surface area contributed by atoms with E-state index in [1.54, 1.807) is 0 Å². The van der Waals surface area contributed by atoms with Gasteiger partial charge in [-0.1, -0.05) is 12.1 Å². The number of anilines is 1. The van der Waals surface area contributed by atoms with E-state index in [9.17, 15) is 0 Å². The molecule has 0 aliphatic carbocycles. The molecular weight excluding hydrogens is 234 g/mol. The minimum Gasteiger partial charge on any atom is -0.372 e. The molecule has 0 saturated carbocycles. The molecule has 1 aliphatic rings. The lowest BCUT2D eigenvalue weighted by Gasteiger charge is -2.34. The summed E-state index contributed by atoms with van der Waals surface area (Å²) in [6.45, 7) is 4.58. The van der Waals surface area contributed by atoms with Crippen molar-refractivity contribution >= 4 is 5.69 Å². The number of rotatable bonds is 5. The topological polar surface area (TPSA) is 18.5 Å². The summed E-state index contributed by atoms with van der Waals surface area (Å²) >= 11 is 0. The Bertz CT molecular complexity index is 364. The second-order valence-corrected chi connectivity index (χ2v) is 5.89. The van der Waals surface area contributed by atoms with Gasteiger partial charge >= 0.3 is 0 Å². The molecule has 0 unspecified atom stereocenters. The number of piperidine rings is 1. The fourth-order valence-electron chi connectivity index (χ4n) is 2.92. The first-order valence-corrected chi connectivity index (χ1v) is 7.32. The van der Waals surface area contributed by atoms with Crippen LogP contribution in [0.25, 0.3) is 0 Å². The molecule has 1 saturated heterocycles. The Hall–Kier alpha value is -1.06. The molecule has 2 rings (SSSR count). The zero-order chi connectivity index (χ0) is 13.7. The average Bonchev–Trinajstić information content (AvgIpc) is 2.40. The van der Waals surface area contributed by atoms with Crippen molar-refractivity contribution in [1.82, 2.24) is 10.2 Å². The smallest absolute Gasteiger partial charge is 0.0366 e. The van der Waals surface area contributed by atoms with Crippen LogP contribution in [-0.2, 0) is 6.54 Å². The highest BCUT2D eigenvalue weighted by Crippen LogP contribution is 2.23. The van der Waals surface area contributed by atoms with Crippen LogP contribution in [0.4, 0.5) is 5.69 Å². The van der Waals surface area contributed by atoms with Gasteiger partial charge < -0.3 is 15.1 Å². The molecule has 0 amide bonds. The van der Waals surface area contributed by atoms with Gasteiger partial charge in [-0.15, -0.1) is 0 Å². The van der Waals surface area contributed by atoms with Gasteiger partial charge in [0.1, 0.15) is 0 Å². The Morgan fingerprint density at radius 2 is 1.79 bits per heavy atom. The van der Waals surface area contributed by atoms with E-state index >= 15 is 0 Å². The molecule has 1 aromatic carbocycles. The van der Waals surface area contributed by atoms with E-state index < -0.39 is 0 Å². The molecule has 1 heterocycles. The standard InChI is InChI=1S/C16H27N3/c1-17-12-14-4-6-16(7-5-14)19-10-8-15(9-11-19)13-18(2)3/h4-7,15,17H,8-13H2,1-3H3. The monoisotopic (exact) mass is 261 g/mol. The summed E-state index contributed by atoms with van der Waals surface area (Å²) < 4.78 is 0. The molecule has 1 aliphatic heterocycles. The van der Waals surface area contributed by atoms with Gasteiger partial charge in [0.15, 0.2) is 0 Å². The minimum atomic E-state index is 0.870. The van der Waals surface area contributed by atoms with E-state index in [2.05, 4.69) is 53.5 Å². The fraction of sp³-hybridized carbons (Fsp3) is 0.625. The zero-order valence-corrected chi connectivity index (χ0v) is 12.5. The fourth-order valence-corrected chi connectivity index (χ4v) is 2.92. The van der Waals surface area contributed by atoms with E-state index in [1.807, 2.05) is 7.05 Å². The summed E-state index contributed by atoms with van der Waals surface area (Å²) in [5.74, 6) is 0.870. The second kappa shape index (κ2) is 6.92. The molecule has 0 bridgehead atoms. The Kier molecular flexibility index (Phi) is 5.23. The molecule has 3 nitrogen and oxygen atoms in total. The van der Waals surface area contributed by atoms with Crippen LogP contribution < -0.4 is 10.2 Å². The Balaban J connectivity index is 1.87. The molecule has 1 fully saturated rings. The van der Waals surface area contributed by atoms with E-state index in [0.717, 1.165) is 12.5 Å². The maximum absolute atomic E-state index is 3.19. The molecule has 1 N–H and O–H groups in total. The first kappa shape index (κ1) is 14.4. The largest absolute Gasteiger partial charge is 0.372 e. The van der Waals surface area contributed by atoms with Crippen molar-refractivity contribution < 1.29 is 0 Å². The second-order valence-electron chi connectivity index (χ2n) is 5.89. The van der Waals surface area contributed by atoms with Gasteiger partial charge in [0.2, 0.25) is 0 Å². The predicted octanol–water partition coefficient (Wildman–Crippen LogP) is 2.18. The van der Waals surface area contributed by atoms with Gasteiger partial charge in [0.25, 0.3) is 0 Å². The predicted molar refractivity (Wildman–Crippen MR) is 82.7 cm³/mol. The third-order valence-electron chi connectivity index (χ3n) is 3.92. The van der Waals surface area contributed by atoms with E-state index in [0.29, 0.717) is 0 Å². The molecule has 106 valence electrons. The van der Waals surface area contributed by atoms with Crippen LogP contribution in [0, 0.1) is 5.92 Å². The molecule has 1 aromatic rings. The molecule has 0 atom stereocenters. The van der Waals surface area contributed by atoms with Crippen molar-refractivity contribution in [1.29, 1.82) is 0 Å². The van der Waals surface area contributed by atoms with E-state index in [4.69, 9.17) is 0 Å². The molecule has 0 spiro atoms. The highest BCUT2D eigenvalue weighted by Gasteiger charge is 2.19. The lowest BCUT2D eigenvalue weighted by atomic mass is 9.96. The summed E-state index contributed by atoms with van der Waals surface area (Å²) in [4.78, 5) is 4.84. The molecule has 0 aromatic heterocycles. The number of benzene rings is 1. The SMILES string of the molecule is CNCc1ccc(N2CCC(CN(C)C)CC2)cc1. The van der Waals surface area contributed by atoms with Gasteiger partial charge in [-0.2, -0.15) is 0 Å². The van der Waals surface area contributed by atoms with Crippen molar-refractivity contribution in [2.24, 2.45) is 5.92 Å². The van der Waals surface area contributed by atoms with Crippen LogP contribution in [0.5, 0.6) is 0 Å². The van der Waals surface area contributed by atoms with E-state index in [1.165, 1.54) is 43.7 Å². The van der Waals surface area contributed by atoms with Crippen molar-refractivity contribution in [3.05, 3.63) is 29.8 Å². The molecular formula is C16H27N3. The first-order valence-electron chi connectivity index (χ1n) is 7.32. The van der Waals surface area contributed by atoms with Crippen molar-refractivity contribution in [2.45, 2.75) is 19.4 Å². The summed E-state index contributed by atoms with van der Waals surface area (Å²) in [7, 11) is 6.34. The normalized spacial score (nSPS) is 17.2. The third kappa shape index (κ3) is 4.22. The maximum atomic E-state index is 3.19. The minimum absolute atomic E-state index is 0.870. The maximum Gasteiger partial charge on any atom is 0.0366 e. The third-order valence-corrected chi connectivity index (χ3v) is 3.92. The highest BCUT2D eigenvalue weighted by molar-refractivity contribution is 5.47. The molecule has 19 heavy (non-hydrogen) atoms. The number of nitrogens with one attached hydrogen (secondary N) is 1. The van der Waals surface area contributed by atoms with Gasteiger partial charge in [0, 0.05) is 31.9 Å². The molecule has 0 radical (unpaired) electrons. The first-order chi connectivity index (χ1) is 9.19. The van der Waals surface area contributed by atoms with Gasteiger partial charge in [-0.3, -0.25) is 0 Å². The van der Waals surface area contributed by atoms with Crippen LogP contribution in [-0.4, -0.2) is 45.7 Å². The lowest BCUT2D eigenvalue weighted by Crippen LogP contribution is -2.37. The van der Waals surface area contributed by atoms with Crippen LogP contribution >= 0.6 is 0 Å². The van der Waals surface area contributed by atoms with Crippen molar-refractivity contribution in [3.63, 3.8) is 0 Å².